The second-order valence-electron chi connectivity index (χ2n) is 3.67. The van der Waals surface area contributed by atoms with E-state index in [9.17, 15) is 4.79 Å². The molecule has 0 saturated heterocycles. The van der Waals surface area contributed by atoms with Crippen LogP contribution in [-0.4, -0.2) is 18.5 Å². The maximum Gasteiger partial charge on any atom is 0.253 e. The summed E-state index contributed by atoms with van der Waals surface area (Å²) in [5.41, 5.74) is 6.07. The van der Waals surface area contributed by atoms with Gasteiger partial charge in [0.25, 0.3) is 5.91 Å². The first-order valence-corrected chi connectivity index (χ1v) is 5.82. The van der Waals surface area contributed by atoms with Crippen molar-refractivity contribution in [1.29, 1.82) is 0 Å². The average Bonchev–Trinajstić information content (AvgIpc) is 2.28. The molecule has 0 aliphatic rings. The molecule has 3 N–H and O–H groups in total. The van der Waals surface area contributed by atoms with Crippen molar-refractivity contribution in [3.63, 3.8) is 0 Å². The van der Waals surface area contributed by atoms with Crippen LogP contribution in [0.3, 0.4) is 0 Å². The summed E-state index contributed by atoms with van der Waals surface area (Å²) < 4.78 is 0. The Bertz CT molecular complexity index is 355. The van der Waals surface area contributed by atoms with Gasteiger partial charge in [-0.05, 0) is 18.6 Å². The van der Waals surface area contributed by atoms with Gasteiger partial charge in [0.2, 0.25) is 0 Å². The van der Waals surface area contributed by atoms with Crippen LogP contribution in [-0.2, 0) is 0 Å². The number of hydrogen-bond donors (Lipinski definition) is 2. The third kappa shape index (κ3) is 3.51. The molecule has 0 bridgehead atoms. The Morgan fingerprint density at radius 3 is 2.75 bits per heavy atom. The maximum atomic E-state index is 11.9. The zero-order valence-corrected chi connectivity index (χ0v) is 10.1. The largest absolute Gasteiger partial charge is 0.348 e. The second-order valence-corrected chi connectivity index (χ2v) is 4.08. The highest BCUT2D eigenvalue weighted by atomic mass is 35.5. The number of carbonyl (C=O) groups excluding carboxylic acids is 1. The number of amides is 1. The molecule has 0 spiro atoms. The van der Waals surface area contributed by atoms with Crippen LogP contribution in [0.15, 0.2) is 24.3 Å². The van der Waals surface area contributed by atoms with Crippen LogP contribution >= 0.6 is 11.6 Å². The summed E-state index contributed by atoms with van der Waals surface area (Å²) in [5, 5.41) is 3.34. The molecular formula is C12H17ClN2O. The molecule has 0 aliphatic carbocycles. The Morgan fingerprint density at radius 2 is 2.19 bits per heavy atom. The molecular weight excluding hydrogens is 224 g/mol. The number of nitrogens with two attached hydrogens (primary N) is 1. The SMILES string of the molecule is CCCC(CN)NC(=O)c1ccccc1Cl. The predicted octanol–water partition coefficient (Wildman–Crippen LogP) is 2.20. The number of nitrogens with one attached hydrogen (secondary N) is 1. The van der Waals surface area contributed by atoms with E-state index < -0.39 is 0 Å². The molecule has 1 atom stereocenters. The fourth-order valence-corrected chi connectivity index (χ4v) is 1.73. The summed E-state index contributed by atoms with van der Waals surface area (Å²) >= 11 is 5.93. The molecule has 16 heavy (non-hydrogen) atoms. The van der Waals surface area contributed by atoms with E-state index in [-0.39, 0.29) is 11.9 Å². The average molecular weight is 241 g/mol. The number of rotatable bonds is 5. The zero-order valence-electron chi connectivity index (χ0n) is 9.37. The lowest BCUT2D eigenvalue weighted by Crippen LogP contribution is -2.40. The van der Waals surface area contributed by atoms with E-state index in [1.165, 1.54) is 0 Å². The molecule has 1 aromatic carbocycles. The summed E-state index contributed by atoms with van der Waals surface area (Å²) in [6.07, 6.45) is 1.87. The summed E-state index contributed by atoms with van der Waals surface area (Å²) in [6.45, 7) is 2.51. The normalized spacial score (nSPS) is 12.2. The highest BCUT2D eigenvalue weighted by Gasteiger charge is 2.13. The standard InChI is InChI=1S/C12H17ClN2O/c1-2-5-9(8-14)15-12(16)10-6-3-4-7-11(10)13/h3-4,6-7,9H,2,5,8,14H2,1H3,(H,15,16). The van der Waals surface area contributed by atoms with Crippen molar-refractivity contribution in [1.82, 2.24) is 5.32 Å². The molecule has 0 aliphatic heterocycles. The highest BCUT2D eigenvalue weighted by Crippen LogP contribution is 2.14. The number of carbonyl (C=O) groups is 1. The van der Waals surface area contributed by atoms with Crippen LogP contribution in [0.25, 0.3) is 0 Å². The van der Waals surface area contributed by atoms with Gasteiger partial charge in [0.1, 0.15) is 0 Å². The van der Waals surface area contributed by atoms with Crippen molar-refractivity contribution < 1.29 is 4.79 Å². The van der Waals surface area contributed by atoms with Crippen LogP contribution in [0.2, 0.25) is 5.02 Å². The zero-order chi connectivity index (χ0) is 12.0. The van der Waals surface area contributed by atoms with Crippen molar-refractivity contribution >= 4 is 17.5 Å². The fourth-order valence-electron chi connectivity index (χ4n) is 1.51. The van der Waals surface area contributed by atoms with E-state index in [0.29, 0.717) is 17.1 Å². The van der Waals surface area contributed by atoms with Crippen LogP contribution < -0.4 is 11.1 Å². The Morgan fingerprint density at radius 1 is 1.50 bits per heavy atom. The van der Waals surface area contributed by atoms with Crippen molar-refractivity contribution in [2.75, 3.05) is 6.54 Å². The van der Waals surface area contributed by atoms with E-state index in [0.717, 1.165) is 12.8 Å². The number of halogens is 1. The molecule has 1 amide bonds. The Labute approximate surface area is 101 Å². The summed E-state index contributed by atoms with van der Waals surface area (Å²) in [6, 6.07) is 7.02. The molecule has 3 nitrogen and oxygen atoms in total. The molecule has 0 radical (unpaired) electrons. The molecule has 1 aromatic rings. The van der Waals surface area contributed by atoms with Gasteiger partial charge in [-0.25, -0.2) is 0 Å². The smallest absolute Gasteiger partial charge is 0.253 e. The van der Waals surface area contributed by atoms with Gasteiger partial charge in [-0.1, -0.05) is 37.1 Å². The van der Waals surface area contributed by atoms with Crippen LogP contribution in [0, 0.1) is 0 Å². The molecule has 0 saturated carbocycles. The third-order valence-electron chi connectivity index (χ3n) is 2.38. The highest BCUT2D eigenvalue weighted by molar-refractivity contribution is 6.33. The van der Waals surface area contributed by atoms with Crippen molar-refractivity contribution in [3.8, 4) is 0 Å². The van der Waals surface area contributed by atoms with Gasteiger partial charge in [-0.3, -0.25) is 4.79 Å². The Kier molecular flexibility index (Phi) is 5.29. The molecule has 4 heteroatoms. The van der Waals surface area contributed by atoms with E-state index >= 15 is 0 Å². The van der Waals surface area contributed by atoms with Crippen LogP contribution in [0.5, 0.6) is 0 Å². The van der Waals surface area contributed by atoms with Crippen LogP contribution in [0.4, 0.5) is 0 Å². The maximum absolute atomic E-state index is 11.9. The monoisotopic (exact) mass is 240 g/mol. The molecule has 0 heterocycles. The lowest BCUT2D eigenvalue weighted by molar-refractivity contribution is 0.0936. The van der Waals surface area contributed by atoms with E-state index in [4.69, 9.17) is 17.3 Å². The Balaban J connectivity index is 2.68. The van der Waals surface area contributed by atoms with Gasteiger partial charge in [0.05, 0.1) is 10.6 Å². The van der Waals surface area contributed by atoms with Gasteiger partial charge >= 0.3 is 0 Å². The first-order valence-electron chi connectivity index (χ1n) is 5.44. The minimum atomic E-state index is -0.158. The van der Waals surface area contributed by atoms with Crippen molar-refractivity contribution in [2.24, 2.45) is 5.73 Å². The fraction of sp³-hybridized carbons (Fsp3) is 0.417. The minimum absolute atomic E-state index is 0.0220. The quantitative estimate of drug-likeness (QED) is 0.829. The molecule has 0 fully saturated rings. The third-order valence-corrected chi connectivity index (χ3v) is 2.70. The van der Waals surface area contributed by atoms with Crippen molar-refractivity contribution in [3.05, 3.63) is 34.9 Å². The molecule has 1 rings (SSSR count). The van der Waals surface area contributed by atoms with E-state index in [1.807, 2.05) is 0 Å². The lowest BCUT2D eigenvalue weighted by atomic mass is 10.1. The summed E-state index contributed by atoms with van der Waals surface area (Å²) in [5.74, 6) is -0.158. The molecule has 0 aromatic heterocycles. The van der Waals surface area contributed by atoms with Gasteiger partial charge in [-0.2, -0.15) is 0 Å². The van der Waals surface area contributed by atoms with Gasteiger partial charge in [0.15, 0.2) is 0 Å². The number of hydrogen-bond acceptors (Lipinski definition) is 2. The molecule has 88 valence electrons. The second kappa shape index (κ2) is 6.51. The first kappa shape index (κ1) is 13.0. The van der Waals surface area contributed by atoms with Gasteiger partial charge in [0, 0.05) is 12.6 Å². The summed E-state index contributed by atoms with van der Waals surface area (Å²) in [4.78, 5) is 11.9. The van der Waals surface area contributed by atoms with E-state index in [1.54, 1.807) is 24.3 Å². The van der Waals surface area contributed by atoms with Gasteiger partial charge < -0.3 is 11.1 Å². The predicted molar refractivity (Wildman–Crippen MR) is 66.7 cm³/mol. The van der Waals surface area contributed by atoms with Gasteiger partial charge in [-0.15, -0.1) is 0 Å². The minimum Gasteiger partial charge on any atom is -0.348 e. The van der Waals surface area contributed by atoms with Crippen molar-refractivity contribution in [2.45, 2.75) is 25.8 Å². The summed E-state index contributed by atoms with van der Waals surface area (Å²) in [7, 11) is 0. The first-order chi connectivity index (χ1) is 7.69. The van der Waals surface area contributed by atoms with Crippen LogP contribution in [0.1, 0.15) is 30.1 Å². The van der Waals surface area contributed by atoms with E-state index in [2.05, 4.69) is 12.2 Å². The Hall–Kier alpha value is -1.06. The topological polar surface area (TPSA) is 55.1 Å². The lowest BCUT2D eigenvalue weighted by Gasteiger charge is -2.16. The number of benzene rings is 1. The molecule has 1 unspecified atom stereocenters.